The molecule has 4 rings (SSSR count). The lowest BCUT2D eigenvalue weighted by Gasteiger charge is -2.26. The van der Waals surface area contributed by atoms with E-state index < -0.39 is 22.7 Å². The molecule has 9 nitrogen and oxygen atoms in total. The van der Waals surface area contributed by atoms with Gasteiger partial charge in [-0.1, -0.05) is 60.7 Å². The number of primary amides is 1. The summed E-state index contributed by atoms with van der Waals surface area (Å²) in [7, 11) is -4.26. The molecule has 2 heterocycles. The number of carbonyl (C=O) groups is 1. The first-order valence-corrected chi connectivity index (χ1v) is 9.96. The largest absolute Gasteiger partial charge is 0.381 e. The van der Waals surface area contributed by atoms with E-state index in [2.05, 4.69) is 14.4 Å². The molecule has 0 bridgehead atoms. The first kappa shape index (κ1) is 18.6. The number of rotatable bonds is 4. The molecule has 1 aliphatic heterocycles. The van der Waals surface area contributed by atoms with Gasteiger partial charge in [-0.15, -0.1) is 4.40 Å². The Hall–Kier alpha value is -3.79. The van der Waals surface area contributed by atoms with Crippen LogP contribution in [0.5, 0.6) is 0 Å². The van der Waals surface area contributed by atoms with Crippen LogP contribution in [0.2, 0.25) is 0 Å². The molecule has 2 aromatic carbocycles. The second kappa shape index (κ2) is 6.99. The summed E-state index contributed by atoms with van der Waals surface area (Å²) in [6.07, 6.45) is 0. The molecule has 0 atom stereocenters. The van der Waals surface area contributed by atoms with E-state index in [1.165, 1.54) is 0 Å². The minimum atomic E-state index is -4.26. The third kappa shape index (κ3) is 3.41. The quantitative estimate of drug-likeness (QED) is 0.660. The van der Waals surface area contributed by atoms with Crippen molar-refractivity contribution in [1.29, 1.82) is 0 Å². The molecule has 0 saturated carbocycles. The van der Waals surface area contributed by atoms with Crippen LogP contribution in [-0.2, 0) is 15.0 Å². The van der Waals surface area contributed by atoms with Crippen molar-refractivity contribution in [3.63, 3.8) is 0 Å². The zero-order chi connectivity index (χ0) is 20.6. The zero-order valence-electron chi connectivity index (χ0n) is 15.1. The molecular weight excluding hydrogens is 392 g/mol. The number of amides is 1. The lowest BCUT2D eigenvalue weighted by Crippen LogP contribution is -2.43. The van der Waals surface area contributed by atoms with Crippen molar-refractivity contribution in [3.05, 3.63) is 66.4 Å². The average molecular weight is 408 g/mol. The van der Waals surface area contributed by atoms with Gasteiger partial charge in [-0.25, -0.2) is 14.3 Å². The van der Waals surface area contributed by atoms with Crippen molar-refractivity contribution >= 4 is 27.8 Å². The fourth-order valence-corrected chi connectivity index (χ4v) is 4.06. The van der Waals surface area contributed by atoms with E-state index in [0.29, 0.717) is 11.4 Å². The number of fused-ring (bicyclic) bond motifs is 1. The van der Waals surface area contributed by atoms with Gasteiger partial charge in [0.25, 0.3) is 0 Å². The molecule has 1 aromatic heterocycles. The van der Waals surface area contributed by atoms with Crippen LogP contribution in [0.15, 0.2) is 65.1 Å². The summed E-state index contributed by atoms with van der Waals surface area (Å²) in [6.45, 7) is -0.625. The van der Waals surface area contributed by atoms with E-state index in [1.807, 2.05) is 60.7 Å². The van der Waals surface area contributed by atoms with Crippen LogP contribution in [0.4, 0.5) is 5.82 Å². The Balaban J connectivity index is 2.04. The molecule has 0 spiro atoms. The van der Waals surface area contributed by atoms with Crippen molar-refractivity contribution in [2.24, 2.45) is 15.9 Å². The van der Waals surface area contributed by atoms with Gasteiger partial charge in [-0.05, 0) is 0 Å². The number of aromatic nitrogens is 2. The summed E-state index contributed by atoms with van der Waals surface area (Å²) < 4.78 is 29.2. The Labute approximate surface area is 166 Å². The molecule has 146 valence electrons. The smallest absolute Gasteiger partial charge is 0.348 e. The third-order valence-corrected chi connectivity index (χ3v) is 5.53. The van der Waals surface area contributed by atoms with Gasteiger partial charge in [0.05, 0.1) is 11.4 Å². The second-order valence-corrected chi connectivity index (χ2v) is 7.77. The van der Waals surface area contributed by atoms with Gasteiger partial charge in [0.1, 0.15) is 6.54 Å². The lowest BCUT2D eigenvalue weighted by atomic mass is 10.0. The monoisotopic (exact) mass is 408 g/mol. The predicted molar refractivity (Wildman–Crippen MR) is 109 cm³/mol. The number of carbonyl (C=O) groups excluding carboxylic acids is 1. The number of hydrogen-bond acceptors (Lipinski definition) is 6. The average Bonchev–Trinajstić information content (AvgIpc) is 2.71. The van der Waals surface area contributed by atoms with Gasteiger partial charge < -0.3 is 11.5 Å². The maximum Gasteiger partial charge on any atom is 0.348 e. The molecule has 1 amide bonds. The van der Waals surface area contributed by atoms with Crippen molar-refractivity contribution in [2.75, 3.05) is 10.8 Å². The fraction of sp³-hybridized carbons (Fsp3) is 0.0526. The number of anilines is 1. The molecule has 3 aromatic rings. The molecule has 0 fully saturated rings. The summed E-state index contributed by atoms with van der Waals surface area (Å²) in [6, 6.07) is 18.5. The standard InChI is InChI=1S/C19H16N6O3S/c20-14(26)11-25-19-17(18(21)24-29(25,27)28)22-15(12-7-3-1-4-8-12)16(23-19)13-9-5-2-6-10-13/h1-10H,11H2,(H2,20,26)(H2,21,24). The topological polar surface area (TPSA) is 145 Å². The minimum Gasteiger partial charge on any atom is -0.381 e. The SMILES string of the molecule is NC(=O)CN1c2nc(-c3ccccc3)c(-c3ccccc3)nc2C(N)=NS1(=O)=O. The first-order valence-electron chi connectivity index (χ1n) is 8.56. The minimum absolute atomic E-state index is 0.0691. The van der Waals surface area contributed by atoms with Crippen LogP contribution in [0.1, 0.15) is 5.69 Å². The summed E-state index contributed by atoms with van der Waals surface area (Å²) in [5.41, 5.74) is 13.6. The van der Waals surface area contributed by atoms with Gasteiger partial charge in [-0.3, -0.25) is 4.79 Å². The fourth-order valence-electron chi connectivity index (χ4n) is 2.99. The normalized spacial score (nSPS) is 14.8. The van der Waals surface area contributed by atoms with Crippen LogP contribution >= 0.6 is 0 Å². The highest BCUT2D eigenvalue weighted by molar-refractivity contribution is 7.91. The molecule has 1 aliphatic rings. The van der Waals surface area contributed by atoms with Gasteiger partial charge in [-0.2, -0.15) is 8.42 Å². The Morgan fingerprint density at radius 1 is 0.862 bits per heavy atom. The van der Waals surface area contributed by atoms with E-state index in [-0.39, 0.29) is 17.3 Å². The Bertz CT molecular complexity index is 1230. The van der Waals surface area contributed by atoms with Crippen LogP contribution in [-0.4, -0.2) is 36.7 Å². The van der Waals surface area contributed by atoms with E-state index in [9.17, 15) is 13.2 Å². The highest BCUT2D eigenvalue weighted by Crippen LogP contribution is 2.34. The van der Waals surface area contributed by atoms with Crippen molar-refractivity contribution in [2.45, 2.75) is 0 Å². The molecule has 0 saturated heterocycles. The maximum atomic E-state index is 12.5. The number of nitrogens with two attached hydrogens (primary N) is 2. The van der Waals surface area contributed by atoms with E-state index in [0.717, 1.165) is 15.4 Å². The summed E-state index contributed by atoms with van der Waals surface area (Å²) >= 11 is 0. The molecular formula is C19H16N6O3S. The van der Waals surface area contributed by atoms with Gasteiger partial charge in [0, 0.05) is 11.1 Å². The molecule has 0 aliphatic carbocycles. The molecule has 0 radical (unpaired) electrons. The van der Waals surface area contributed by atoms with Crippen LogP contribution in [0.25, 0.3) is 22.5 Å². The number of nitrogens with zero attached hydrogens (tertiary/aromatic N) is 4. The number of hydrogen-bond donors (Lipinski definition) is 2. The molecule has 4 N–H and O–H groups in total. The zero-order valence-corrected chi connectivity index (χ0v) is 15.9. The van der Waals surface area contributed by atoms with Crippen LogP contribution in [0.3, 0.4) is 0 Å². The first-order chi connectivity index (χ1) is 13.9. The van der Waals surface area contributed by atoms with Crippen molar-refractivity contribution in [3.8, 4) is 22.5 Å². The number of amidine groups is 1. The molecule has 0 unspecified atom stereocenters. The third-order valence-electron chi connectivity index (χ3n) is 4.24. The Morgan fingerprint density at radius 3 is 1.90 bits per heavy atom. The molecule has 29 heavy (non-hydrogen) atoms. The predicted octanol–water partition coefficient (Wildman–Crippen LogP) is 1.07. The van der Waals surface area contributed by atoms with E-state index in [1.54, 1.807) is 0 Å². The van der Waals surface area contributed by atoms with E-state index in [4.69, 9.17) is 11.5 Å². The van der Waals surface area contributed by atoms with E-state index >= 15 is 0 Å². The highest BCUT2D eigenvalue weighted by atomic mass is 32.2. The van der Waals surface area contributed by atoms with Gasteiger partial charge >= 0.3 is 10.2 Å². The summed E-state index contributed by atoms with van der Waals surface area (Å²) in [4.78, 5) is 20.6. The second-order valence-electron chi connectivity index (χ2n) is 6.25. The Morgan fingerprint density at radius 2 is 1.38 bits per heavy atom. The highest BCUT2D eigenvalue weighted by Gasteiger charge is 2.35. The summed E-state index contributed by atoms with van der Waals surface area (Å²) in [5, 5.41) is 0. The van der Waals surface area contributed by atoms with Crippen LogP contribution in [0, 0.1) is 0 Å². The van der Waals surface area contributed by atoms with Crippen molar-refractivity contribution in [1.82, 2.24) is 9.97 Å². The summed E-state index contributed by atoms with van der Waals surface area (Å²) in [5.74, 6) is -1.25. The van der Waals surface area contributed by atoms with Gasteiger partial charge in [0.15, 0.2) is 17.3 Å². The Kier molecular flexibility index (Phi) is 4.47. The maximum absolute atomic E-state index is 12.5. The molecule has 10 heteroatoms. The van der Waals surface area contributed by atoms with Crippen LogP contribution < -0.4 is 15.8 Å². The van der Waals surface area contributed by atoms with Gasteiger partial charge in [0.2, 0.25) is 5.91 Å². The lowest BCUT2D eigenvalue weighted by molar-refractivity contribution is -0.116. The van der Waals surface area contributed by atoms with Crippen molar-refractivity contribution < 1.29 is 13.2 Å². The number of benzene rings is 2.